The van der Waals surface area contributed by atoms with Crippen LogP contribution in [0.3, 0.4) is 0 Å². The quantitative estimate of drug-likeness (QED) is 0.768. The first-order valence-corrected chi connectivity index (χ1v) is 10.4. The van der Waals surface area contributed by atoms with E-state index in [4.69, 9.17) is 9.98 Å². The molecule has 8 nitrogen and oxygen atoms in total. The maximum Gasteiger partial charge on any atom is 0.239 e. The van der Waals surface area contributed by atoms with Crippen molar-refractivity contribution < 1.29 is 0 Å². The summed E-state index contributed by atoms with van der Waals surface area (Å²) in [5.74, 6) is 1.12. The molecule has 0 atom stereocenters. The average molecular weight is 425 g/mol. The van der Waals surface area contributed by atoms with Crippen molar-refractivity contribution in [1.82, 2.24) is 4.90 Å². The van der Waals surface area contributed by atoms with Crippen molar-refractivity contribution in [2.24, 2.45) is 20.0 Å². The Morgan fingerprint density at radius 1 is 0.844 bits per heavy atom. The number of nitrogens with zero attached hydrogens (tertiary/aromatic N) is 6. The van der Waals surface area contributed by atoms with Crippen LogP contribution in [0.1, 0.15) is 11.1 Å². The molecule has 8 heteroatoms. The van der Waals surface area contributed by atoms with E-state index in [1.54, 1.807) is 0 Å². The molecule has 0 radical (unpaired) electrons. The predicted molar refractivity (Wildman–Crippen MR) is 134 cm³/mol. The molecule has 3 aliphatic heterocycles. The predicted octanol–water partition coefficient (Wildman–Crippen LogP) is 3.63. The molecule has 2 aromatic carbocycles. The van der Waals surface area contributed by atoms with Crippen molar-refractivity contribution in [2.45, 2.75) is 0 Å². The van der Waals surface area contributed by atoms with E-state index in [0.29, 0.717) is 11.9 Å². The van der Waals surface area contributed by atoms with Gasteiger partial charge in [-0.1, -0.05) is 18.2 Å². The van der Waals surface area contributed by atoms with Crippen molar-refractivity contribution in [3.05, 3.63) is 71.4 Å². The van der Waals surface area contributed by atoms with E-state index >= 15 is 0 Å². The highest BCUT2D eigenvalue weighted by molar-refractivity contribution is 6.24. The summed E-state index contributed by atoms with van der Waals surface area (Å²) in [4.78, 5) is 22.4. The zero-order valence-electron chi connectivity index (χ0n) is 18.5. The number of hydrogen-bond acceptors (Lipinski definition) is 8. The number of allylic oxidation sites excluding steroid dienone is 2. The van der Waals surface area contributed by atoms with Crippen LogP contribution in [0.2, 0.25) is 0 Å². The summed E-state index contributed by atoms with van der Waals surface area (Å²) in [6.45, 7) is 0. The molecule has 0 fully saturated rings. The van der Waals surface area contributed by atoms with E-state index < -0.39 is 0 Å². The highest BCUT2D eigenvalue weighted by atomic mass is 15.4. The van der Waals surface area contributed by atoms with Gasteiger partial charge >= 0.3 is 0 Å². The van der Waals surface area contributed by atoms with Crippen LogP contribution in [-0.4, -0.2) is 57.1 Å². The molecule has 0 amide bonds. The van der Waals surface area contributed by atoms with Crippen molar-refractivity contribution in [3.63, 3.8) is 0 Å². The molecule has 0 saturated heterocycles. The minimum atomic E-state index is 0.558. The molecule has 32 heavy (non-hydrogen) atoms. The van der Waals surface area contributed by atoms with Gasteiger partial charge in [-0.15, -0.1) is 0 Å². The van der Waals surface area contributed by atoms with Crippen LogP contribution in [0.15, 0.2) is 80.3 Å². The molecule has 0 aromatic heterocycles. The molecule has 3 aliphatic rings. The second-order valence-electron chi connectivity index (χ2n) is 7.69. The highest BCUT2D eigenvalue weighted by Gasteiger charge is 2.31. The van der Waals surface area contributed by atoms with Gasteiger partial charge < -0.3 is 15.5 Å². The lowest BCUT2D eigenvalue weighted by Gasteiger charge is -2.32. The third-order valence-corrected chi connectivity index (χ3v) is 5.55. The second kappa shape index (κ2) is 7.81. The molecular formula is C24H24N8. The monoisotopic (exact) mass is 424 g/mol. The Morgan fingerprint density at radius 3 is 2.44 bits per heavy atom. The van der Waals surface area contributed by atoms with E-state index in [2.05, 4.69) is 61.9 Å². The van der Waals surface area contributed by atoms with Crippen LogP contribution in [-0.2, 0) is 0 Å². The van der Waals surface area contributed by atoms with Crippen molar-refractivity contribution in [1.29, 1.82) is 0 Å². The Balaban J connectivity index is 1.64. The summed E-state index contributed by atoms with van der Waals surface area (Å²) in [5, 5.41) is 6.54. The van der Waals surface area contributed by atoms with Crippen LogP contribution in [0.5, 0.6) is 0 Å². The van der Waals surface area contributed by atoms with Gasteiger partial charge in [0, 0.05) is 56.4 Å². The lowest BCUT2D eigenvalue weighted by molar-refractivity contribution is 0.738. The zero-order chi connectivity index (χ0) is 22.2. The minimum Gasteiger partial charge on any atom is -0.388 e. The van der Waals surface area contributed by atoms with E-state index in [9.17, 15) is 0 Å². The van der Waals surface area contributed by atoms with Crippen LogP contribution >= 0.6 is 0 Å². The minimum absolute atomic E-state index is 0.558. The molecule has 2 aromatic rings. The van der Waals surface area contributed by atoms with Gasteiger partial charge in [0.25, 0.3) is 0 Å². The third-order valence-electron chi connectivity index (χ3n) is 5.55. The molecule has 160 valence electrons. The van der Waals surface area contributed by atoms with E-state index in [1.165, 1.54) is 6.34 Å². The smallest absolute Gasteiger partial charge is 0.239 e. The summed E-state index contributed by atoms with van der Waals surface area (Å²) < 4.78 is 0. The fourth-order valence-electron chi connectivity index (χ4n) is 3.90. The van der Waals surface area contributed by atoms with Gasteiger partial charge in [0.05, 0.1) is 17.1 Å². The molecule has 0 saturated carbocycles. The van der Waals surface area contributed by atoms with Gasteiger partial charge in [0.15, 0.2) is 0 Å². The molecule has 0 bridgehead atoms. The Hall–Kier alpha value is -4.20. The first-order valence-electron chi connectivity index (χ1n) is 10.4. The van der Waals surface area contributed by atoms with Gasteiger partial charge in [-0.05, 0) is 36.4 Å². The largest absolute Gasteiger partial charge is 0.388 e. The fraction of sp³-hybridized carbons (Fsp3) is 0.167. The lowest BCUT2D eigenvalue weighted by atomic mass is 10.0. The van der Waals surface area contributed by atoms with Crippen LogP contribution in [0.4, 0.5) is 17.1 Å². The zero-order valence-corrected chi connectivity index (χ0v) is 18.5. The Bertz CT molecular complexity index is 1280. The average Bonchev–Trinajstić information content (AvgIpc) is 2.83. The molecule has 3 heterocycles. The van der Waals surface area contributed by atoms with Crippen molar-refractivity contribution in [3.8, 4) is 0 Å². The van der Waals surface area contributed by atoms with Gasteiger partial charge in [-0.25, -0.2) is 24.9 Å². The number of nitrogens with one attached hydrogen (secondary N) is 2. The summed E-state index contributed by atoms with van der Waals surface area (Å²) in [5.41, 5.74) is 7.73. The fourth-order valence-corrected chi connectivity index (χ4v) is 3.90. The molecule has 0 spiro atoms. The SMILES string of the molecule is CNc1ccccc1C1=CC2=CC(c3ccc(N(C)C)cc3NC)=NC3=NC=NC(=N1)N23. The Kier molecular flexibility index (Phi) is 4.82. The van der Waals surface area contributed by atoms with Crippen LogP contribution in [0.25, 0.3) is 5.70 Å². The Morgan fingerprint density at radius 2 is 1.66 bits per heavy atom. The number of hydrogen-bond donors (Lipinski definition) is 2. The van der Waals surface area contributed by atoms with Crippen LogP contribution in [0, 0.1) is 0 Å². The maximum atomic E-state index is 4.82. The molecule has 0 unspecified atom stereocenters. The first-order chi connectivity index (χ1) is 15.6. The van der Waals surface area contributed by atoms with Gasteiger partial charge in [-0.3, -0.25) is 0 Å². The highest BCUT2D eigenvalue weighted by Crippen LogP contribution is 2.34. The Labute approximate surface area is 187 Å². The van der Waals surface area contributed by atoms with E-state index in [-0.39, 0.29) is 0 Å². The summed E-state index contributed by atoms with van der Waals surface area (Å²) in [7, 11) is 7.89. The van der Waals surface area contributed by atoms with Crippen molar-refractivity contribution >= 4 is 46.7 Å². The standard InChI is InChI=1S/C24H24N8/c1-25-19-8-6-5-7-17(19)21-12-16-13-22(30-24-28-14-27-23(29-21)32(16)24)18-10-9-15(31(3)4)11-20(18)26-2/h5-14,25-26H,1-4H3. The normalized spacial score (nSPS) is 16.2. The summed E-state index contributed by atoms with van der Waals surface area (Å²) in [6.07, 6.45) is 5.62. The third kappa shape index (κ3) is 3.26. The van der Waals surface area contributed by atoms with Crippen molar-refractivity contribution in [2.75, 3.05) is 43.7 Å². The molecule has 2 N–H and O–H groups in total. The number of aliphatic imine (C=N–C) groups is 4. The number of anilines is 3. The van der Waals surface area contributed by atoms with Crippen LogP contribution < -0.4 is 15.5 Å². The van der Waals surface area contributed by atoms with Gasteiger partial charge in [-0.2, -0.15) is 0 Å². The first kappa shape index (κ1) is 19.7. The van der Waals surface area contributed by atoms with Gasteiger partial charge in [0.1, 0.15) is 6.34 Å². The summed E-state index contributed by atoms with van der Waals surface area (Å²) >= 11 is 0. The van der Waals surface area contributed by atoms with E-state index in [0.717, 1.165) is 45.3 Å². The number of para-hydroxylation sites is 1. The summed E-state index contributed by atoms with van der Waals surface area (Å²) in [6, 6.07) is 14.4. The number of benzene rings is 2. The molecular weight excluding hydrogens is 400 g/mol. The number of rotatable bonds is 5. The lowest BCUT2D eigenvalue weighted by Crippen LogP contribution is -2.40. The molecule has 5 rings (SSSR count). The second-order valence-corrected chi connectivity index (χ2v) is 7.69. The topological polar surface area (TPSA) is 80.0 Å². The maximum absolute atomic E-state index is 4.82. The van der Waals surface area contributed by atoms with E-state index in [1.807, 2.05) is 51.3 Å². The molecule has 0 aliphatic carbocycles. The van der Waals surface area contributed by atoms with Gasteiger partial charge in [0.2, 0.25) is 11.9 Å². The number of guanidine groups is 2.